The van der Waals surface area contributed by atoms with Gasteiger partial charge in [-0.25, -0.2) is 13.8 Å². The van der Waals surface area contributed by atoms with Crippen LogP contribution in [-0.2, 0) is 0 Å². The Hall–Kier alpha value is -4.01. The van der Waals surface area contributed by atoms with Crippen LogP contribution in [-0.4, -0.2) is 39.4 Å². The Bertz CT molecular complexity index is 1390. The van der Waals surface area contributed by atoms with Gasteiger partial charge in [-0.1, -0.05) is 18.2 Å². The van der Waals surface area contributed by atoms with Crippen LogP contribution in [0, 0.1) is 17.6 Å². The summed E-state index contributed by atoms with van der Waals surface area (Å²) in [7, 11) is 1.59. The summed E-state index contributed by atoms with van der Waals surface area (Å²) >= 11 is 0. The van der Waals surface area contributed by atoms with Crippen molar-refractivity contribution in [1.29, 1.82) is 0 Å². The maximum Gasteiger partial charge on any atom is 0.251 e. The predicted octanol–water partition coefficient (Wildman–Crippen LogP) is 5.25. The Morgan fingerprint density at radius 1 is 1.11 bits per heavy atom. The molecule has 9 heteroatoms. The van der Waals surface area contributed by atoms with Crippen molar-refractivity contribution >= 4 is 16.8 Å². The van der Waals surface area contributed by atoms with Crippen molar-refractivity contribution in [2.45, 2.75) is 31.7 Å². The molecule has 2 N–H and O–H groups in total. The van der Waals surface area contributed by atoms with Gasteiger partial charge in [-0.05, 0) is 55.9 Å². The highest BCUT2D eigenvalue weighted by Gasteiger charge is 2.24. The maximum absolute atomic E-state index is 13.5. The molecule has 1 aliphatic carbocycles. The zero-order valence-corrected chi connectivity index (χ0v) is 19.7. The average Bonchev–Trinajstić information content (AvgIpc) is 3.34. The molecular weight excluding hydrogens is 466 g/mol. The van der Waals surface area contributed by atoms with Crippen LogP contribution < -0.4 is 10.1 Å². The average molecular weight is 493 g/mol. The molecular formula is C27H26F2N4O3. The van der Waals surface area contributed by atoms with E-state index in [4.69, 9.17) is 9.84 Å². The standard InChI is InChI=1S/C27H26F2N4O3/c1-36-25-4-2-3-23(31-25)17-7-8-18-15-33(32-24(18)13-17)20-9-5-16(6-10-20)14-30-27(35)19-11-21(28)26(34)22(29)12-19/h2-4,7-8,11-13,15-16,20,34H,5-6,9-10,14H2,1H3,(H,30,35)/t16-,20-. The summed E-state index contributed by atoms with van der Waals surface area (Å²) in [4.78, 5) is 16.8. The molecule has 2 heterocycles. The minimum Gasteiger partial charge on any atom is -0.503 e. The zero-order valence-electron chi connectivity index (χ0n) is 19.7. The topological polar surface area (TPSA) is 89.3 Å². The van der Waals surface area contributed by atoms with Crippen LogP contribution in [0.4, 0.5) is 8.78 Å². The number of hydrogen-bond acceptors (Lipinski definition) is 5. The summed E-state index contributed by atoms with van der Waals surface area (Å²) in [5, 5.41) is 17.8. The van der Waals surface area contributed by atoms with E-state index in [9.17, 15) is 18.7 Å². The summed E-state index contributed by atoms with van der Waals surface area (Å²) in [5.74, 6) is -3.11. The third-order valence-electron chi connectivity index (χ3n) is 6.77. The van der Waals surface area contributed by atoms with E-state index in [0.717, 1.165) is 60.0 Å². The second-order valence-corrected chi connectivity index (χ2v) is 9.12. The smallest absolute Gasteiger partial charge is 0.251 e. The van der Waals surface area contributed by atoms with Crippen LogP contribution in [0.25, 0.3) is 22.2 Å². The van der Waals surface area contributed by atoms with Crippen molar-refractivity contribution in [3.8, 4) is 22.9 Å². The molecule has 2 aromatic carbocycles. The first-order chi connectivity index (χ1) is 17.4. The molecule has 1 fully saturated rings. The van der Waals surface area contributed by atoms with E-state index in [1.54, 1.807) is 7.11 Å². The van der Waals surface area contributed by atoms with Crippen LogP contribution in [0.2, 0.25) is 0 Å². The molecule has 36 heavy (non-hydrogen) atoms. The predicted molar refractivity (Wildman–Crippen MR) is 131 cm³/mol. The summed E-state index contributed by atoms with van der Waals surface area (Å²) < 4.78 is 34.3. The number of nitrogens with zero attached hydrogens (tertiary/aromatic N) is 3. The SMILES string of the molecule is COc1cccc(-c2ccc3cn([C@H]4CC[C@H](CNC(=O)c5cc(F)c(O)c(F)c5)CC4)nc3c2)n1. The molecule has 0 saturated heterocycles. The summed E-state index contributed by atoms with van der Waals surface area (Å²) in [6.07, 6.45) is 5.71. The molecule has 1 saturated carbocycles. The number of ether oxygens (including phenoxy) is 1. The Morgan fingerprint density at radius 2 is 1.86 bits per heavy atom. The number of nitrogens with one attached hydrogen (secondary N) is 1. The minimum atomic E-state index is -1.15. The van der Waals surface area contributed by atoms with E-state index < -0.39 is 23.3 Å². The number of carbonyl (C=O) groups is 1. The minimum absolute atomic E-state index is 0.150. The Morgan fingerprint density at radius 3 is 2.58 bits per heavy atom. The van der Waals surface area contributed by atoms with Crippen LogP contribution in [0.1, 0.15) is 42.1 Å². The first-order valence-corrected chi connectivity index (χ1v) is 11.9. The summed E-state index contributed by atoms with van der Waals surface area (Å²) in [5.41, 5.74) is 2.55. The number of aromatic hydroxyl groups is 1. The van der Waals surface area contributed by atoms with E-state index in [1.165, 1.54) is 0 Å². The molecule has 1 aliphatic rings. The lowest BCUT2D eigenvalue weighted by Crippen LogP contribution is -2.31. The van der Waals surface area contributed by atoms with E-state index >= 15 is 0 Å². The van der Waals surface area contributed by atoms with E-state index in [0.29, 0.717) is 12.4 Å². The lowest BCUT2D eigenvalue weighted by atomic mass is 9.86. The number of halogens is 2. The second kappa shape index (κ2) is 9.93. The van der Waals surface area contributed by atoms with Crippen LogP contribution in [0.3, 0.4) is 0 Å². The highest BCUT2D eigenvalue weighted by Crippen LogP contribution is 2.33. The second-order valence-electron chi connectivity index (χ2n) is 9.12. The molecule has 2 aromatic heterocycles. The van der Waals surface area contributed by atoms with E-state index in [2.05, 4.69) is 16.5 Å². The van der Waals surface area contributed by atoms with Gasteiger partial charge in [-0.15, -0.1) is 0 Å². The fourth-order valence-corrected chi connectivity index (χ4v) is 4.72. The van der Waals surface area contributed by atoms with E-state index in [-0.39, 0.29) is 17.5 Å². The van der Waals surface area contributed by atoms with Crippen molar-refractivity contribution in [3.05, 3.63) is 71.9 Å². The number of pyridine rings is 1. The molecule has 0 bridgehead atoms. The lowest BCUT2D eigenvalue weighted by Gasteiger charge is -2.28. The largest absolute Gasteiger partial charge is 0.503 e. The Kier molecular flexibility index (Phi) is 6.54. The number of benzene rings is 2. The van der Waals surface area contributed by atoms with Crippen molar-refractivity contribution in [1.82, 2.24) is 20.1 Å². The maximum atomic E-state index is 13.5. The van der Waals surface area contributed by atoms with Gasteiger partial charge in [-0.3, -0.25) is 9.48 Å². The van der Waals surface area contributed by atoms with Gasteiger partial charge in [0.1, 0.15) is 0 Å². The number of fused-ring (bicyclic) bond motifs is 1. The monoisotopic (exact) mass is 492 g/mol. The Labute approximate surface area is 206 Å². The molecule has 1 amide bonds. The first kappa shape index (κ1) is 23.7. The summed E-state index contributed by atoms with van der Waals surface area (Å²) in [6, 6.07) is 13.7. The summed E-state index contributed by atoms with van der Waals surface area (Å²) in [6.45, 7) is 0.424. The number of aromatic nitrogens is 3. The fraction of sp³-hybridized carbons (Fsp3) is 0.296. The van der Waals surface area contributed by atoms with Crippen molar-refractivity contribution < 1.29 is 23.4 Å². The highest BCUT2D eigenvalue weighted by atomic mass is 19.1. The van der Waals surface area contributed by atoms with Gasteiger partial charge in [-0.2, -0.15) is 5.10 Å². The Balaban J connectivity index is 1.19. The fourth-order valence-electron chi connectivity index (χ4n) is 4.72. The molecule has 186 valence electrons. The molecule has 0 atom stereocenters. The number of phenolic OH excluding ortho intramolecular Hbond substituents is 1. The van der Waals surface area contributed by atoms with Crippen molar-refractivity contribution in [2.24, 2.45) is 5.92 Å². The van der Waals surface area contributed by atoms with Crippen LogP contribution in [0.15, 0.2) is 54.7 Å². The van der Waals surface area contributed by atoms with Gasteiger partial charge >= 0.3 is 0 Å². The number of carbonyl (C=O) groups excluding carboxylic acids is 1. The molecule has 0 radical (unpaired) electrons. The molecule has 4 aromatic rings. The van der Waals surface area contributed by atoms with Crippen molar-refractivity contribution in [3.63, 3.8) is 0 Å². The van der Waals surface area contributed by atoms with E-state index in [1.807, 2.05) is 41.1 Å². The number of phenols is 1. The third kappa shape index (κ3) is 4.86. The van der Waals surface area contributed by atoms with Gasteiger partial charge in [0, 0.05) is 35.3 Å². The van der Waals surface area contributed by atoms with Gasteiger partial charge in [0.2, 0.25) is 5.88 Å². The van der Waals surface area contributed by atoms with Gasteiger partial charge in [0.25, 0.3) is 5.91 Å². The first-order valence-electron chi connectivity index (χ1n) is 11.9. The quantitative estimate of drug-likeness (QED) is 0.384. The van der Waals surface area contributed by atoms with Crippen molar-refractivity contribution in [2.75, 3.05) is 13.7 Å². The number of hydrogen-bond donors (Lipinski definition) is 2. The number of amides is 1. The highest BCUT2D eigenvalue weighted by molar-refractivity contribution is 5.94. The molecule has 5 rings (SSSR count). The zero-order chi connectivity index (χ0) is 25.2. The van der Waals surface area contributed by atoms with Crippen LogP contribution >= 0.6 is 0 Å². The van der Waals surface area contributed by atoms with Crippen LogP contribution in [0.5, 0.6) is 11.6 Å². The number of methoxy groups -OCH3 is 1. The van der Waals surface area contributed by atoms with Gasteiger partial charge in [0.15, 0.2) is 17.4 Å². The lowest BCUT2D eigenvalue weighted by molar-refractivity contribution is 0.0940. The molecule has 0 aliphatic heterocycles. The number of rotatable bonds is 6. The normalized spacial score (nSPS) is 17.8. The molecule has 0 unspecified atom stereocenters. The van der Waals surface area contributed by atoms with Gasteiger partial charge < -0.3 is 15.2 Å². The third-order valence-corrected chi connectivity index (χ3v) is 6.77. The molecule has 0 spiro atoms. The molecule has 7 nitrogen and oxygen atoms in total. The van der Waals surface area contributed by atoms with Gasteiger partial charge in [0.05, 0.1) is 24.4 Å².